The van der Waals surface area contributed by atoms with Crippen molar-refractivity contribution in [3.05, 3.63) is 46.5 Å². The van der Waals surface area contributed by atoms with Crippen LogP contribution in [0, 0.1) is 13.8 Å². The lowest BCUT2D eigenvalue weighted by Crippen LogP contribution is -2.47. The van der Waals surface area contributed by atoms with Crippen LogP contribution in [-0.4, -0.2) is 64.4 Å². The van der Waals surface area contributed by atoms with Crippen LogP contribution in [0.2, 0.25) is 0 Å². The van der Waals surface area contributed by atoms with E-state index in [0.717, 1.165) is 61.4 Å². The monoisotopic (exact) mass is 395 g/mol. The molecular formula is C22H29N5O2. The highest BCUT2D eigenvalue weighted by atomic mass is 16.2. The van der Waals surface area contributed by atoms with E-state index < -0.39 is 0 Å². The second-order valence-corrected chi connectivity index (χ2v) is 8.21. The van der Waals surface area contributed by atoms with Crippen LogP contribution < -0.4 is 5.32 Å². The number of amides is 2. The molecule has 1 aromatic heterocycles. The van der Waals surface area contributed by atoms with E-state index in [0.29, 0.717) is 24.6 Å². The Morgan fingerprint density at radius 3 is 2.55 bits per heavy atom. The normalized spacial score (nSPS) is 17.1. The Kier molecular flexibility index (Phi) is 5.41. The van der Waals surface area contributed by atoms with Gasteiger partial charge in [-0.2, -0.15) is 0 Å². The fraction of sp³-hybridized carbons (Fsp3) is 0.500. The summed E-state index contributed by atoms with van der Waals surface area (Å²) in [4.78, 5) is 34.9. The van der Waals surface area contributed by atoms with Gasteiger partial charge in [-0.15, -0.1) is 0 Å². The number of likely N-dealkylation sites (N-methyl/N-ethyl adjacent to an activating group) is 1. The summed E-state index contributed by atoms with van der Waals surface area (Å²) in [6.45, 7) is 7.83. The van der Waals surface area contributed by atoms with E-state index in [1.807, 2.05) is 41.5 Å². The molecule has 0 atom stereocenters. The molecule has 1 fully saturated rings. The van der Waals surface area contributed by atoms with Gasteiger partial charge in [0.2, 0.25) is 0 Å². The molecular weight excluding hydrogens is 366 g/mol. The standard InChI is InChI=1S/C22H29N5O2/c1-15-7-8-16(2)17(14-15)23-21(28)20-24-19(18-6-4-5-9-27(18)20)22(29)26-12-10-25(3)11-13-26/h7-8,14H,4-6,9-13H2,1-3H3,(H,23,28). The fourth-order valence-electron chi connectivity index (χ4n) is 4.10. The molecule has 1 aromatic carbocycles. The SMILES string of the molecule is Cc1ccc(C)c(NC(=O)c2nc(C(=O)N3CCN(C)CC3)c3n2CCCC3)c1. The van der Waals surface area contributed by atoms with Gasteiger partial charge in [0.25, 0.3) is 11.8 Å². The van der Waals surface area contributed by atoms with Crippen LogP contribution in [0.25, 0.3) is 0 Å². The highest BCUT2D eigenvalue weighted by Gasteiger charge is 2.31. The van der Waals surface area contributed by atoms with Crippen LogP contribution in [0.1, 0.15) is 50.8 Å². The van der Waals surface area contributed by atoms with Crippen molar-refractivity contribution < 1.29 is 9.59 Å². The van der Waals surface area contributed by atoms with Crippen molar-refractivity contribution in [2.24, 2.45) is 0 Å². The molecule has 0 aliphatic carbocycles. The van der Waals surface area contributed by atoms with Crippen molar-refractivity contribution >= 4 is 17.5 Å². The van der Waals surface area contributed by atoms with Gasteiger partial charge < -0.3 is 19.7 Å². The number of nitrogens with one attached hydrogen (secondary N) is 1. The molecule has 0 unspecified atom stereocenters. The summed E-state index contributed by atoms with van der Waals surface area (Å²) < 4.78 is 1.95. The van der Waals surface area contributed by atoms with Gasteiger partial charge in [-0.25, -0.2) is 4.98 Å². The number of benzene rings is 1. The van der Waals surface area contributed by atoms with Gasteiger partial charge >= 0.3 is 0 Å². The van der Waals surface area contributed by atoms with E-state index in [2.05, 4.69) is 22.2 Å². The molecule has 7 nitrogen and oxygen atoms in total. The van der Waals surface area contributed by atoms with Crippen molar-refractivity contribution in [3.8, 4) is 0 Å². The Balaban J connectivity index is 1.63. The molecule has 3 heterocycles. The van der Waals surface area contributed by atoms with Crippen molar-refractivity contribution in [1.82, 2.24) is 19.4 Å². The van der Waals surface area contributed by atoms with Gasteiger partial charge in [0.1, 0.15) is 5.69 Å². The molecule has 7 heteroatoms. The van der Waals surface area contributed by atoms with E-state index in [4.69, 9.17) is 0 Å². The second-order valence-electron chi connectivity index (χ2n) is 8.21. The number of imidazole rings is 1. The lowest BCUT2D eigenvalue weighted by atomic mass is 10.1. The Bertz CT molecular complexity index is 941. The number of rotatable bonds is 3. The molecule has 0 saturated carbocycles. The number of carbonyl (C=O) groups excluding carboxylic acids is 2. The highest BCUT2D eigenvalue weighted by molar-refractivity contribution is 6.04. The Morgan fingerprint density at radius 2 is 1.79 bits per heavy atom. The summed E-state index contributed by atoms with van der Waals surface area (Å²) >= 11 is 0. The molecule has 0 bridgehead atoms. The van der Waals surface area contributed by atoms with Crippen molar-refractivity contribution in [2.45, 2.75) is 39.7 Å². The van der Waals surface area contributed by atoms with E-state index in [1.54, 1.807) is 0 Å². The van der Waals surface area contributed by atoms with Crippen LogP contribution in [0.15, 0.2) is 18.2 Å². The molecule has 2 aliphatic rings. The summed E-state index contributed by atoms with van der Waals surface area (Å²) in [7, 11) is 2.07. The summed E-state index contributed by atoms with van der Waals surface area (Å²) in [5.74, 6) is 0.0481. The van der Waals surface area contributed by atoms with Gasteiger partial charge in [0.15, 0.2) is 5.82 Å². The molecule has 0 spiro atoms. The zero-order valence-electron chi connectivity index (χ0n) is 17.5. The van der Waals surface area contributed by atoms with E-state index in [1.165, 1.54) is 0 Å². The summed E-state index contributed by atoms with van der Waals surface area (Å²) in [6, 6.07) is 5.98. The summed E-state index contributed by atoms with van der Waals surface area (Å²) in [5, 5.41) is 3.00. The summed E-state index contributed by atoms with van der Waals surface area (Å²) in [5.41, 5.74) is 4.24. The first-order valence-corrected chi connectivity index (χ1v) is 10.4. The van der Waals surface area contributed by atoms with E-state index in [9.17, 15) is 9.59 Å². The third kappa shape index (κ3) is 3.92. The minimum atomic E-state index is -0.251. The first-order valence-electron chi connectivity index (χ1n) is 10.4. The lowest BCUT2D eigenvalue weighted by molar-refractivity contribution is 0.0657. The van der Waals surface area contributed by atoms with Crippen molar-refractivity contribution in [1.29, 1.82) is 0 Å². The van der Waals surface area contributed by atoms with Crippen LogP contribution in [0.4, 0.5) is 5.69 Å². The number of anilines is 1. The molecule has 2 amide bonds. The van der Waals surface area contributed by atoms with Gasteiger partial charge in [0.05, 0.1) is 5.69 Å². The zero-order chi connectivity index (χ0) is 20.5. The number of aryl methyl sites for hydroxylation is 2. The number of piperazine rings is 1. The average Bonchev–Trinajstić information content (AvgIpc) is 3.10. The maximum atomic E-state index is 13.2. The predicted molar refractivity (Wildman–Crippen MR) is 112 cm³/mol. The van der Waals surface area contributed by atoms with E-state index >= 15 is 0 Å². The van der Waals surface area contributed by atoms with Crippen LogP contribution >= 0.6 is 0 Å². The zero-order valence-corrected chi connectivity index (χ0v) is 17.5. The maximum absolute atomic E-state index is 13.2. The third-order valence-corrected chi connectivity index (χ3v) is 5.96. The van der Waals surface area contributed by atoms with Gasteiger partial charge in [0, 0.05) is 38.4 Å². The van der Waals surface area contributed by atoms with Gasteiger partial charge in [-0.3, -0.25) is 9.59 Å². The van der Waals surface area contributed by atoms with Crippen LogP contribution in [-0.2, 0) is 13.0 Å². The number of carbonyl (C=O) groups is 2. The van der Waals surface area contributed by atoms with E-state index in [-0.39, 0.29) is 11.8 Å². The number of hydrogen-bond acceptors (Lipinski definition) is 4. The largest absolute Gasteiger partial charge is 0.335 e. The molecule has 1 N–H and O–H groups in total. The van der Waals surface area contributed by atoms with Gasteiger partial charge in [-0.1, -0.05) is 12.1 Å². The Labute approximate surface area is 171 Å². The molecule has 1 saturated heterocycles. The minimum Gasteiger partial charge on any atom is -0.335 e. The quantitative estimate of drug-likeness (QED) is 0.867. The predicted octanol–water partition coefficient (Wildman–Crippen LogP) is 2.48. The Hall–Kier alpha value is -2.67. The number of hydrogen-bond donors (Lipinski definition) is 1. The minimum absolute atomic E-state index is 0.0467. The number of aromatic nitrogens is 2. The van der Waals surface area contributed by atoms with Crippen LogP contribution in [0.5, 0.6) is 0 Å². The first-order chi connectivity index (χ1) is 13.9. The molecule has 4 rings (SSSR count). The topological polar surface area (TPSA) is 70.5 Å². The molecule has 0 radical (unpaired) electrons. The Morgan fingerprint density at radius 1 is 1.03 bits per heavy atom. The first kappa shape index (κ1) is 19.6. The maximum Gasteiger partial charge on any atom is 0.291 e. The molecule has 2 aliphatic heterocycles. The lowest BCUT2D eigenvalue weighted by Gasteiger charge is -2.32. The van der Waals surface area contributed by atoms with Crippen molar-refractivity contribution in [2.75, 3.05) is 38.5 Å². The molecule has 2 aromatic rings. The number of nitrogens with zero attached hydrogens (tertiary/aromatic N) is 4. The molecule has 29 heavy (non-hydrogen) atoms. The van der Waals surface area contributed by atoms with Crippen LogP contribution in [0.3, 0.4) is 0 Å². The highest BCUT2D eigenvalue weighted by Crippen LogP contribution is 2.24. The van der Waals surface area contributed by atoms with Gasteiger partial charge in [-0.05, 0) is 57.4 Å². The summed E-state index contributed by atoms with van der Waals surface area (Å²) in [6.07, 6.45) is 2.81. The molecule has 154 valence electrons. The average molecular weight is 396 g/mol. The second kappa shape index (κ2) is 7.99. The van der Waals surface area contributed by atoms with Crippen molar-refractivity contribution in [3.63, 3.8) is 0 Å². The smallest absolute Gasteiger partial charge is 0.291 e. The number of fused-ring (bicyclic) bond motifs is 1. The third-order valence-electron chi connectivity index (χ3n) is 5.96. The fourth-order valence-corrected chi connectivity index (χ4v) is 4.10.